The molecule has 15 heavy (non-hydrogen) atoms. The first-order valence-electron chi connectivity index (χ1n) is 4.87. The maximum atomic E-state index is 5.78. The van der Waals surface area contributed by atoms with Crippen molar-refractivity contribution in [3.05, 3.63) is 23.5 Å². The van der Waals surface area contributed by atoms with Gasteiger partial charge in [-0.1, -0.05) is 11.6 Å². The van der Waals surface area contributed by atoms with Gasteiger partial charge < -0.3 is 4.90 Å². The normalized spacial score (nSPS) is 15.4. The summed E-state index contributed by atoms with van der Waals surface area (Å²) in [6.45, 7) is 2.10. The van der Waals surface area contributed by atoms with Crippen molar-refractivity contribution >= 4 is 28.6 Å². The average Bonchev–Trinajstić information content (AvgIpc) is 2.15. The zero-order valence-electron chi connectivity index (χ0n) is 8.02. The highest BCUT2D eigenvalue weighted by Gasteiger charge is 2.17. The van der Waals surface area contributed by atoms with Crippen molar-refractivity contribution in [2.45, 2.75) is 6.42 Å². The molecule has 0 spiro atoms. The SMILES string of the molecule is Clc1ccc2nc(N3CCC3)ncc2n1. The van der Waals surface area contributed by atoms with Gasteiger partial charge in [0.05, 0.1) is 11.7 Å². The summed E-state index contributed by atoms with van der Waals surface area (Å²) < 4.78 is 0. The summed E-state index contributed by atoms with van der Waals surface area (Å²) in [6.07, 6.45) is 2.95. The Kier molecular flexibility index (Phi) is 1.95. The molecule has 0 unspecified atom stereocenters. The Bertz CT molecular complexity index is 510. The van der Waals surface area contributed by atoms with Gasteiger partial charge in [-0.3, -0.25) is 0 Å². The van der Waals surface area contributed by atoms with Crippen LogP contribution in [-0.4, -0.2) is 28.0 Å². The van der Waals surface area contributed by atoms with Gasteiger partial charge >= 0.3 is 0 Å². The van der Waals surface area contributed by atoms with Crippen LogP contribution in [0.15, 0.2) is 18.3 Å². The summed E-state index contributed by atoms with van der Waals surface area (Å²) in [6, 6.07) is 3.62. The molecule has 0 aromatic carbocycles. The minimum Gasteiger partial charge on any atom is -0.341 e. The summed E-state index contributed by atoms with van der Waals surface area (Å²) in [4.78, 5) is 15.0. The van der Waals surface area contributed by atoms with Crippen LogP contribution in [0.3, 0.4) is 0 Å². The lowest BCUT2D eigenvalue weighted by Crippen LogP contribution is -2.38. The molecular weight excluding hydrogens is 212 g/mol. The number of pyridine rings is 1. The highest BCUT2D eigenvalue weighted by molar-refractivity contribution is 6.29. The number of nitrogens with zero attached hydrogens (tertiary/aromatic N) is 4. The van der Waals surface area contributed by atoms with Crippen LogP contribution in [0.4, 0.5) is 5.95 Å². The Morgan fingerprint density at radius 1 is 1.13 bits per heavy atom. The lowest BCUT2D eigenvalue weighted by atomic mass is 10.2. The molecule has 76 valence electrons. The third-order valence-corrected chi connectivity index (χ3v) is 2.74. The molecule has 0 atom stereocenters. The topological polar surface area (TPSA) is 41.9 Å². The van der Waals surface area contributed by atoms with Gasteiger partial charge in [0.2, 0.25) is 5.95 Å². The number of rotatable bonds is 1. The molecule has 1 saturated heterocycles. The molecular formula is C10H9ClN4. The molecule has 5 heteroatoms. The van der Waals surface area contributed by atoms with Crippen LogP contribution in [0.2, 0.25) is 5.15 Å². The van der Waals surface area contributed by atoms with E-state index in [0.717, 1.165) is 30.1 Å². The van der Waals surface area contributed by atoms with Crippen molar-refractivity contribution in [2.75, 3.05) is 18.0 Å². The van der Waals surface area contributed by atoms with E-state index in [-0.39, 0.29) is 0 Å². The number of aromatic nitrogens is 3. The van der Waals surface area contributed by atoms with E-state index in [1.165, 1.54) is 6.42 Å². The summed E-state index contributed by atoms with van der Waals surface area (Å²) in [7, 11) is 0. The monoisotopic (exact) mass is 220 g/mol. The molecule has 0 radical (unpaired) electrons. The van der Waals surface area contributed by atoms with Gasteiger partial charge in [-0.25, -0.2) is 15.0 Å². The fraction of sp³-hybridized carbons (Fsp3) is 0.300. The van der Waals surface area contributed by atoms with Gasteiger partial charge in [0.25, 0.3) is 0 Å². The van der Waals surface area contributed by atoms with Crippen molar-refractivity contribution in [3.8, 4) is 0 Å². The van der Waals surface area contributed by atoms with Crippen molar-refractivity contribution in [1.29, 1.82) is 0 Å². The van der Waals surface area contributed by atoms with Gasteiger partial charge in [-0.05, 0) is 18.6 Å². The molecule has 0 N–H and O–H groups in total. The van der Waals surface area contributed by atoms with Crippen LogP contribution in [0.5, 0.6) is 0 Å². The maximum absolute atomic E-state index is 5.78. The number of halogens is 1. The Balaban J connectivity index is 2.09. The quantitative estimate of drug-likeness (QED) is 0.689. The Morgan fingerprint density at radius 2 is 2.00 bits per heavy atom. The zero-order chi connectivity index (χ0) is 10.3. The third-order valence-electron chi connectivity index (χ3n) is 2.53. The first-order valence-corrected chi connectivity index (χ1v) is 5.25. The number of anilines is 1. The van der Waals surface area contributed by atoms with Crippen LogP contribution < -0.4 is 4.90 Å². The molecule has 3 heterocycles. The largest absolute Gasteiger partial charge is 0.341 e. The minimum absolute atomic E-state index is 0.475. The van der Waals surface area contributed by atoms with Crippen LogP contribution in [0.25, 0.3) is 11.0 Å². The average molecular weight is 221 g/mol. The van der Waals surface area contributed by atoms with E-state index in [1.807, 2.05) is 6.07 Å². The number of fused-ring (bicyclic) bond motifs is 1. The van der Waals surface area contributed by atoms with Crippen LogP contribution >= 0.6 is 11.6 Å². The summed E-state index contributed by atoms with van der Waals surface area (Å²) in [5, 5.41) is 0.475. The van der Waals surface area contributed by atoms with Crippen molar-refractivity contribution in [1.82, 2.24) is 15.0 Å². The molecule has 0 bridgehead atoms. The Hall–Kier alpha value is -1.42. The van der Waals surface area contributed by atoms with Gasteiger partial charge in [0.15, 0.2) is 0 Å². The van der Waals surface area contributed by atoms with Crippen molar-refractivity contribution in [3.63, 3.8) is 0 Å². The first-order chi connectivity index (χ1) is 7.33. The molecule has 0 aliphatic carbocycles. The predicted molar refractivity (Wildman–Crippen MR) is 59.2 cm³/mol. The highest BCUT2D eigenvalue weighted by Crippen LogP contribution is 2.19. The zero-order valence-corrected chi connectivity index (χ0v) is 8.78. The van der Waals surface area contributed by atoms with Crippen LogP contribution in [-0.2, 0) is 0 Å². The third kappa shape index (κ3) is 1.51. The van der Waals surface area contributed by atoms with E-state index in [9.17, 15) is 0 Å². The van der Waals surface area contributed by atoms with Crippen molar-refractivity contribution in [2.24, 2.45) is 0 Å². The van der Waals surface area contributed by atoms with E-state index >= 15 is 0 Å². The molecule has 4 nitrogen and oxygen atoms in total. The maximum Gasteiger partial charge on any atom is 0.225 e. The molecule has 1 aliphatic heterocycles. The Labute approximate surface area is 91.9 Å². The fourth-order valence-electron chi connectivity index (χ4n) is 1.56. The molecule has 0 saturated carbocycles. The van der Waals surface area contributed by atoms with E-state index < -0.39 is 0 Å². The van der Waals surface area contributed by atoms with Crippen LogP contribution in [0, 0.1) is 0 Å². The van der Waals surface area contributed by atoms with E-state index in [0.29, 0.717) is 5.15 Å². The smallest absolute Gasteiger partial charge is 0.225 e. The van der Waals surface area contributed by atoms with E-state index in [2.05, 4.69) is 19.9 Å². The number of hydrogen-bond acceptors (Lipinski definition) is 4. The van der Waals surface area contributed by atoms with E-state index in [4.69, 9.17) is 11.6 Å². The second kappa shape index (κ2) is 3.31. The highest BCUT2D eigenvalue weighted by atomic mass is 35.5. The Morgan fingerprint density at radius 3 is 2.73 bits per heavy atom. The molecule has 3 rings (SSSR count). The van der Waals surface area contributed by atoms with Gasteiger partial charge in [0, 0.05) is 13.1 Å². The second-order valence-electron chi connectivity index (χ2n) is 3.55. The van der Waals surface area contributed by atoms with Crippen LogP contribution in [0.1, 0.15) is 6.42 Å². The summed E-state index contributed by atoms with van der Waals surface area (Å²) in [5.74, 6) is 0.790. The summed E-state index contributed by atoms with van der Waals surface area (Å²) >= 11 is 5.78. The molecule has 0 amide bonds. The lowest BCUT2D eigenvalue weighted by molar-refractivity contribution is 0.601. The second-order valence-corrected chi connectivity index (χ2v) is 3.94. The van der Waals surface area contributed by atoms with Gasteiger partial charge in [-0.15, -0.1) is 0 Å². The lowest BCUT2D eigenvalue weighted by Gasteiger charge is -2.30. The summed E-state index contributed by atoms with van der Waals surface area (Å²) in [5.41, 5.74) is 1.59. The predicted octanol–water partition coefficient (Wildman–Crippen LogP) is 1.89. The standard InChI is InChI=1S/C10H9ClN4/c11-9-3-2-7-8(13-9)6-12-10(14-7)15-4-1-5-15/h2-3,6H,1,4-5H2. The fourth-order valence-corrected chi connectivity index (χ4v) is 1.71. The first kappa shape index (κ1) is 8.85. The van der Waals surface area contributed by atoms with Crippen molar-refractivity contribution < 1.29 is 0 Å². The molecule has 1 aliphatic rings. The minimum atomic E-state index is 0.475. The molecule has 2 aromatic heterocycles. The van der Waals surface area contributed by atoms with Gasteiger partial charge in [-0.2, -0.15) is 0 Å². The molecule has 1 fully saturated rings. The molecule has 2 aromatic rings. The number of hydrogen-bond donors (Lipinski definition) is 0. The van der Waals surface area contributed by atoms with E-state index in [1.54, 1.807) is 12.3 Å². The van der Waals surface area contributed by atoms with Gasteiger partial charge in [0.1, 0.15) is 10.7 Å².